The van der Waals surface area contributed by atoms with Gasteiger partial charge in [-0.25, -0.2) is 10.9 Å². The van der Waals surface area contributed by atoms with Gasteiger partial charge in [0.1, 0.15) is 0 Å². The molecule has 1 aromatic heterocycles. The molecule has 5 nitrogen and oxygen atoms in total. The van der Waals surface area contributed by atoms with Crippen LogP contribution in [0.25, 0.3) is 0 Å². The van der Waals surface area contributed by atoms with Crippen molar-refractivity contribution in [3.8, 4) is 0 Å². The van der Waals surface area contributed by atoms with Gasteiger partial charge in [0.15, 0.2) is 0 Å². The van der Waals surface area contributed by atoms with Gasteiger partial charge < -0.3 is 0 Å². The first-order chi connectivity index (χ1) is 10.6. The Labute approximate surface area is 124 Å². The molecule has 0 bridgehead atoms. The highest BCUT2D eigenvalue weighted by Gasteiger charge is 2.39. The molecule has 0 amide bonds. The molecule has 1 aromatic carbocycles. The van der Waals surface area contributed by atoms with E-state index in [-0.39, 0.29) is 5.69 Å². The number of hydrazine groups is 3. The Morgan fingerprint density at radius 2 is 1.64 bits per heavy atom. The highest BCUT2D eigenvalue weighted by molar-refractivity contribution is 5.36. The molecule has 22 heavy (non-hydrogen) atoms. The first-order valence-corrected chi connectivity index (χ1v) is 6.65. The molecule has 116 valence electrons. The zero-order valence-corrected chi connectivity index (χ0v) is 11.4. The van der Waals surface area contributed by atoms with E-state index in [2.05, 4.69) is 26.9 Å². The predicted octanol–water partition coefficient (Wildman–Crippen LogP) is 1.68. The molecule has 0 aliphatic carbocycles. The normalized spacial score (nSPS) is 17.6. The van der Waals surface area contributed by atoms with E-state index in [0.717, 1.165) is 11.6 Å². The average Bonchev–Trinajstić information content (AvgIpc) is 3.02. The number of halogens is 3. The van der Waals surface area contributed by atoms with Crippen molar-refractivity contribution < 1.29 is 13.2 Å². The summed E-state index contributed by atoms with van der Waals surface area (Å²) in [6.07, 6.45) is -3.58. The summed E-state index contributed by atoms with van der Waals surface area (Å²) in [4.78, 5) is 4.01. The van der Waals surface area contributed by atoms with Crippen molar-refractivity contribution >= 4 is 0 Å². The van der Waals surface area contributed by atoms with E-state index in [9.17, 15) is 13.2 Å². The fraction of sp³-hybridized carbons (Fsp3) is 0.214. The lowest BCUT2D eigenvalue weighted by Gasteiger charge is -2.25. The van der Waals surface area contributed by atoms with Gasteiger partial charge in [-0.05, 0) is 17.7 Å². The van der Waals surface area contributed by atoms with E-state index in [4.69, 9.17) is 0 Å². The van der Waals surface area contributed by atoms with E-state index in [0.29, 0.717) is 0 Å². The van der Waals surface area contributed by atoms with Gasteiger partial charge in [-0.2, -0.15) is 24.2 Å². The summed E-state index contributed by atoms with van der Waals surface area (Å²) in [6, 6.07) is 11.3. The summed E-state index contributed by atoms with van der Waals surface area (Å²) in [7, 11) is 0. The summed E-state index contributed by atoms with van der Waals surface area (Å²) in [5.41, 5.74) is 10.9. The number of nitrogens with one attached hydrogen (secondary N) is 4. The van der Waals surface area contributed by atoms with Gasteiger partial charge in [-0.3, -0.25) is 4.98 Å². The molecule has 1 saturated heterocycles. The fourth-order valence-corrected chi connectivity index (χ4v) is 2.50. The Kier molecular flexibility index (Phi) is 4.08. The zero-order valence-electron chi connectivity index (χ0n) is 11.4. The molecule has 3 rings (SSSR count). The van der Waals surface area contributed by atoms with E-state index in [1.165, 1.54) is 12.3 Å². The van der Waals surface area contributed by atoms with E-state index in [1.54, 1.807) is 24.3 Å². The van der Waals surface area contributed by atoms with Gasteiger partial charge >= 0.3 is 6.18 Å². The Balaban J connectivity index is 2.11. The van der Waals surface area contributed by atoms with Crippen LogP contribution in [0.3, 0.4) is 0 Å². The molecule has 1 aliphatic heterocycles. The number of hydrogen-bond donors (Lipinski definition) is 4. The minimum absolute atomic E-state index is 0.0308. The third-order valence-corrected chi connectivity index (χ3v) is 3.45. The maximum Gasteiger partial charge on any atom is 0.418 e. The number of alkyl halides is 3. The molecule has 4 N–H and O–H groups in total. The number of aromatic nitrogens is 1. The highest BCUT2D eigenvalue weighted by atomic mass is 19.4. The van der Waals surface area contributed by atoms with E-state index >= 15 is 0 Å². The molecule has 2 heterocycles. The van der Waals surface area contributed by atoms with Crippen LogP contribution in [-0.4, -0.2) is 11.1 Å². The van der Waals surface area contributed by atoms with Gasteiger partial charge in [0, 0.05) is 6.20 Å². The van der Waals surface area contributed by atoms with Crippen LogP contribution in [0.5, 0.6) is 0 Å². The highest BCUT2D eigenvalue weighted by Crippen LogP contribution is 2.37. The first kappa shape index (κ1) is 14.9. The van der Waals surface area contributed by atoms with Crippen LogP contribution in [-0.2, 0) is 6.18 Å². The molecule has 0 saturated carbocycles. The van der Waals surface area contributed by atoms with Crippen molar-refractivity contribution in [3.05, 3.63) is 65.5 Å². The van der Waals surface area contributed by atoms with Crippen molar-refractivity contribution in [1.82, 2.24) is 26.9 Å². The summed E-state index contributed by atoms with van der Waals surface area (Å²) in [5, 5.41) is 0. The summed E-state index contributed by atoms with van der Waals surface area (Å²) >= 11 is 0. The van der Waals surface area contributed by atoms with Crippen molar-refractivity contribution in [2.75, 3.05) is 0 Å². The first-order valence-electron chi connectivity index (χ1n) is 6.65. The van der Waals surface area contributed by atoms with Crippen molar-refractivity contribution in [2.24, 2.45) is 0 Å². The zero-order chi connectivity index (χ0) is 15.6. The summed E-state index contributed by atoms with van der Waals surface area (Å²) in [5.74, 6) is -0.624. The Morgan fingerprint density at radius 1 is 0.955 bits per heavy atom. The number of hydrogen-bond acceptors (Lipinski definition) is 5. The molecular weight excluding hydrogens is 295 g/mol. The Bertz CT molecular complexity index is 626. The lowest BCUT2D eigenvalue weighted by molar-refractivity contribution is -0.138. The molecule has 0 unspecified atom stereocenters. The average molecular weight is 309 g/mol. The minimum Gasteiger partial charge on any atom is -0.260 e. The number of rotatable bonds is 3. The van der Waals surface area contributed by atoms with Crippen molar-refractivity contribution in [2.45, 2.75) is 18.3 Å². The maximum absolute atomic E-state index is 13.3. The third kappa shape index (κ3) is 2.95. The maximum atomic E-state index is 13.3. The predicted molar refractivity (Wildman–Crippen MR) is 73.9 cm³/mol. The monoisotopic (exact) mass is 309 g/mol. The quantitative estimate of drug-likeness (QED) is 0.695. The molecule has 1 aliphatic rings. The van der Waals surface area contributed by atoms with Gasteiger partial charge in [0.05, 0.1) is 23.3 Å². The smallest absolute Gasteiger partial charge is 0.260 e. The number of benzene rings is 1. The largest absolute Gasteiger partial charge is 0.418 e. The minimum atomic E-state index is -4.46. The van der Waals surface area contributed by atoms with Gasteiger partial charge in [0.25, 0.3) is 0 Å². The summed E-state index contributed by atoms with van der Waals surface area (Å²) in [6.45, 7) is 0. The lowest BCUT2D eigenvalue weighted by Crippen LogP contribution is -2.41. The number of nitrogens with zero attached hydrogens (tertiary/aromatic N) is 1. The number of pyridine rings is 1. The van der Waals surface area contributed by atoms with Crippen LogP contribution in [0.15, 0.2) is 48.7 Å². The van der Waals surface area contributed by atoms with Crippen LogP contribution in [0.4, 0.5) is 13.2 Å². The van der Waals surface area contributed by atoms with Crippen LogP contribution in [0, 0.1) is 0 Å². The molecule has 2 aromatic rings. The molecule has 0 radical (unpaired) electrons. The molecule has 8 heteroatoms. The van der Waals surface area contributed by atoms with Gasteiger partial charge in [-0.15, -0.1) is 0 Å². The molecular formula is C14H14F3N5. The SMILES string of the molecule is FC(F)(F)c1cccnc1[C@H](c1ccccc1)C1NNNN1. The molecule has 1 fully saturated rings. The second kappa shape index (κ2) is 6.01. The molecule has 0 spiro atoms. The van der Waals surface area contributed by atoms with Gasteiger partial charge in [-0.1, -0.05) is 30.3 Å². The fourth-order valence-electron chi connectivity index (χ4n) is 2.50. The lowest BCUT2D eigenvalue weighted by atomic mass is 9.89. The summed E-state index contributed by atoms with van der Waals surface area (Å²) < 4.78 is 39.9. The van der Waals surface area contributed by atoms with Crippen LogP contribution < -0.4 is 21.9 Å². The van der Waals surface area contributed by atoms with E-state index < -0.39 is 23.8 Å². The van der Waals surface area contributed by atoms with Crippen molar-refractivity contribution in [1.29, 1.82) is 0 Å². The van der Waals surface area contributed by atoms with Crippen LogP contribution in [0.2, 0.25) is 0 Å². The second-order valence-corrected chi connectivity index (χ2v) is 4.84. The van der Waals surface area contributed by atoms with Crippen LogP contribution in [0.1, 0.15) is 22.7 Å². The van der Waals surface area contributed by atoms with Gasteiger partial charge in [0.2, 0.25) is 0 Å². The third-order valence-electron chi connectivity index (χ3n) is 3.45. The Morgan fingerprint density at radius 3 is 2.27 bits per heavy atom. The van der Waals surface area contributed by atoms with E-state index in [1.807, 2.05) is 6.07 Å². The second-order valence-electron chi connectivity index (χ2n) is 4.84. The van der Waals surface area contributed by atoms with Crippen molar-refractivity contribution in [3.63, 3.8) is 0 Å². The van der Waals surface area contributed by atoms with Crippen LogP contribution >= 0.6 is 0 Å². The Hall–Kier alpha value is -2.00. The standard InChI is InChI=1S/C14H14F3N5/c15-14(16,17)10-7-4-8-18-12(10)11(13-19-21-22-20-13)9-5-2-1-3-6-9/h1-8,11,13,19-22H/t11-/m0/s1. The topological polar surface area (TPSA) is 61.0 Å². The molecule has 1 atom stereocenters.